The average Bonchev–Trinajstić information content (AvgIpc) is 2.87. The van der Waals surface area contributed by atoms with Gasteiger partial charge in [0.15, 0.2) is 18.9 Å². The summed E-state index contributed by atoms with van der Waals surface area (Å²) in [5, 5.41) is 85.1. The molecule has 16 nitrogen and oxygen atoms in total. The van der Waals surface area contributed by atoms with Crippen LogP contribution < -0.4 is 5.32 Å². The molecule has 16 heteroatoms. The monoisotopic (exact) mass is 585 g/mol. The number of carbonyl (C=O) groups excluding carboxylic acids is 1. The molecule has 0 spiro atoms. The lowest BCUT2D eigenvalue weighted by Crippen LogP contribution is -2.69. The molecule has 1 amide bonds. The summed E-state index contributed by atoms with van der Waals surface area (Å²) < 4.78 is 34.9. The molecule has 3 fully saturated rings. The molecule has 0 bridgehead atoms. The highest BCUT2D eigenvalue weighted by Crippen LogP contribution is 2.35. The Morgan fingerprint density at radius 2 is 1.27 bits per heavy atom. The zero-order valence-corrected chi connectivity index (χ0v) is 23.0. The molecule has 40 heavy (non-hydrogen) atoms. The van der Waals surface area contributed by atoms with Crippen LogP contribution in [-0.2, 0) is 33.2 Å². The van der Waals surface area contributed by atoms with Crippen molar-refractivity contribution in [2.45, 2.75) is 132 Å². The highest BCUT2D eigenvalue weighted by Gasteiger charge is 2.55. The second kappa shape index (κ2) is 13.5. The number of aliphatic hydroxyl groups is 8. The van der Waals surface area contributed by atoms with E-state index in [1.165, 1.54) is 6.92 Å². The fourth-order valence-corrected chi connectivity index (χ4v) is 4.81. The standard InChI is InChI=1S/C24H43NO15/c1-8-13(29)17(33)18(34)22(35-8)39-20-19(15(31)11(7-27)37-23(20)40-24(3,4)5)38-21-12(25-9(2)28)16(32)14(30)10(6-26)36-21/h8,10-23,26-27,29-34H,6-7H2,1-5H3,(H,25,28). The third kappa shape index (κ3) is 7.45. The molecule has 3 rings (SSSR count). The van der Waals surface area contributed by atoms with Crippen molar-refractivity contribution >= 4 is 5.91 Å². The van der Waals surface area contributed by atoms with Gasteiger partial charge in [-0.05, 0) is 27.7 Å². The molecule has 3 heterocycles. The molecule has 3 saturated heterocycles. The van der Waals surface area contributed by atoms with Gasteiger partial charge in [-0.3, -0.25) is 4.79 Å². The van der Waals surface area contributed by atoms with Crippen LogP contribution in [0.2, 0.25) is 0 Å². The van der Waals surface area contributed by atoms with Crippen molar-refractivity contribution < 1.29 is 74.1 Å². The molecule has 3 aliphatic rings. The van der Waals surface area contributed by atoms with Gasteiger partial charge >= 0.3 is 0 Å². The molecule has 0 aromatic rings. The van der Waals surface area contributed by atoms with Crippen LogP contribution in [0.5, 0.6) is 0 Å². The first-order chi connectivity index (χ1) is 18.6. The molecule has 0 aromatic carbocycles. The van der Waals surface area contributed by atoms with Crippen molar-refractivity contribution in [2.75, 3.05) is 13.2 Å². The molecule has 0 aromatic heterocycles. The maximum Gasteiger partial charge on any atom is 0.217 e. The summed E-state index contributed by atoms with van der Waals surface area (Å²) in [6.07, 6.45) is -20.9. The quantitative estimate of drug-likeness (QED) is 0.130. The zero-order chi connectivity index (χ0) is 30.1. The largest absolute Gasteiger partial charge is 0.394 e. The fraction of sp³-hybridized carbons (Fsp3) is 0.958. The molecule has 3 aliphatic heterocycles. The lowest BCUT2D eigenvalue weighted by atomic mass is 9.95. The number of amides is 1. The summed E-state index contributed by atoms with van der Waals surface area (Å²) >= 11 is 0. The Kier molecular flexibility index (Phi) is 11.3. The Bertz CT molecular complexity index is 829. The number of aliphatic hydroxyl groups excluding tert-OH is 8. The topological polar surface area (TPSA) is 246 Å². The highest BCUT2D eigenvalue weighted by atomic mass is 16.8. The molecule has 9 N–H and O–H groups in total. The molecule has 15 unspecified atom stereocenters. The van der Waals surface area contributed by atoms with Gasteiger partial charge in [0, 0.05) is 6.92 Å². The van der Waals surface area contributed by atoms with E-state index in [0.29, 0.717) is 0 Å². The number of hydrogen-bond acceptors (Lipinski definition) is 15. The SMILES string of the molecule is CC(=O)NC1C(OC2C(O)C(CO)OC(OC(C)(C)C)C2OC2OC(C)C(O)C(O)C2O)OC(CO)C(O)C1O. The third-order valence-corrected chi connectivity index (χ3v) is 6.91. The van der Waals surface area contributed by atoms with E-state index in [2.05, 4.69) is 5.32 Å². The summed E-state index contributed by atoms with van der Waals surface area (Å²) in [5.41, 5.74) is -0.878. The van der Waals surface area contributed by atoms with E-state index in [0.717, 1.165) is 6.92 Å². The van der Waals surface area contributed by atoms with Gasteiger partial charge in [0.2, 0.25) is 5.91 Å². The molecule has 0 radical (unpaired) electrons. The summed E-state index contributed by atoms with van der Waals surface area (Å²) in [5.74, 6) is -0.612. The van der Waals surface area contributed by atoms with Crippen molar-refractivity contribution in [3.8, 4) is 0 Å². The molecule has 0 aliphatic carbocycles. The maximum absolute atomic E-state index is 11.9. The Labute approximate surface area is 231 Å². The van der Waals surface area contributed by atoms with Gasteiger partial charge in [-0.25, -0.2) is 0 Å². The second-order valence-corrected chi connectivity index (χ2v) is 11.3. The van der Waals surface area contributed by atoms with Crippen molar-refractivity contribution in [2.24, 2.45) is 0 Å². The summed E-state index contributed by atoms with van der Waals surface area (Å²) in [4.78, 5) is 11.9. The lowest BCUT2D eigenvalue weighted by molar-refractivity contribution is -0.392. The number of carbonyl (C=O) groups is 1. The minimum Gasteiger partial charge on any atom is -0.394 e. The van der Waals surface area contributed by atoms with Crippen LogP contribution in [0.25, 0.3) is 0 Å². The van der Waals surface area contributed by atoms with Crippen molar-refractivity contribution in [3.05, 3.63) is 0 Å². The van der Waals surface area contributed by atoms with Gasteiger partial charge in [-0.1, -0.05) is 0 Å². The van der Waals surface area contributed by atoms with Gasteiger partial charge in [0.05, 0.1) is 24.9 Å². The normalized spacial score (nSPS) is 46.7. The van der Waals surface area contributed by atoms with Gasteiger partial charge < -0.3 is 74.6 Å². The van der Waals surface area contributed by atoms with Crippen molar-refractivity contribution in [1.29, 1.82) is 0 Å². The predicted octanol–water partition coefficient (Wildman–Crippen LogP) is -4.58. The third-order valence-electron chi connectivity index (χ3n) is 6.91. The van der Waals surface area contributed by atoms with Crippen LogP contribution in [0.1, 0.15) is 34.6 Å². The van der Waals surface area contributed by atoms with E-state index < -0.39 is 117 Å². The fourth-order valence-electron chi connectivity index (χ4n) is 4.81. The molecule has 0 saturated carbocycles. The smallest absolute Gasteiger partial charge is 0.217 e. The number of rotatable bonds is 8. The van der Waals surface area contributed by atoms with Gasteiger partial charge in [0.25, 0.3) is 0 Å². The lowest BCUT2D eigenvalue weighted by Gasteiger charge is -2.50. The van der Waals surface area contributed by atoms with Crippen LogP contribution in [0.4, 0.5) is 0 Å². The van der Waals surface area contributed by atoms with Crippen LogP contribution in [0.3, 0.4) is 0 Å². The number of nitrogens with one attached hydrogen (secondary N) is 1. The first kappa shape index (κ1) is 33.4. The first-order valence-electron chi connectivity index (χ1n) is 13.1. The summed E-state index contributed by atoms with van der Waals surface area (Å²) in [6, 6.07) is -1.38. The highest BCUT2D eigenvalue weighted by molar-refractivity contribution is 5.73. The zero-order valence-electron chi connectivity index (χ0n) is 23.0. The minimum absolute atomic E-state index is 0.612. The van der Waals surface area contributed by atoms with E-state index in [9.17, 15) is 45.6 Å². The Morgan fingerprint density at radius 3 is 1.82 bits per heavy atom. The van der Waals surface area contributed by atoms with Gasteiger partial charge in [-0.2, -0.15) is 0 Å². The number of hydrogen-bond donors (Lipinski definition) is 9. The van der Waals surface area contributed by atoms with E-state index in [-0.39, 0.29) is 0 Å². The first-order valence-corrected chi connectivity index (χ1v) is 13.1. The maximum atomic E-state index is 11.9. The van der Waals surface area contributed by atoms with E-state index >= 15 is 0 Å². The van der Waals surface area contributed by atoms with Crippen LogP contribution in [0.15, 0.2) is 0 Å². The van der Waals surface area contributed by atoms with E-state index in [1.807, 2.05) is 0 Å². The molecule has 234 valence electrons. The Balaban J connectivity index is 1.99. The van der Waals surface area contributed by atoms with Gasteiger partial charge in [-0.15, -0.1) is 0 Å². The summed E-state index contributed by atoms with van der Waals surface area (Å²) in [7, 11) is 0. The van der Waals surface area contributed by atoms with Crippen LogP contribution >= 0.6 is 0 Å². The van der Waals surface area contributed by atoms with Crippen molar-refractivity contribution in [3.63, 3.8) is 0 Å². The average molecular weight is 586 g/mol. The second-order valence-electron chi connectivity index (χ2n) is 11.3. The van der Waals surface area contributed by atoms with Crippen LogP contribution in [0, 0.1) is 0 Å². The van der Waals surface area contributed by atoms with Crippen molar-refractivity contribution in [1.82, 2.24) is 5.32 Å². The van der Waals surface area contributed by atoms with E-state index in [4.69, 9.17) is 28.4 Å². The minimum atomic E-state index is -1.75. The summed E-state index contributed by atoms with van der Waals surface area (Å²) in [6.45, 7) is 6.25. The molecular weight excluding hydrogens is 542 g/mol. The molecule has 15 atom stereocenters. The number of ether oxygens (including phenoxy) is 6. The predicted molar refractivity (Wildman–Crippen MR) is 130 cm³/mol. The van der Waals surface area contributed by atoms with Gasteiger partial charge in [0.1, 0.15) is 67.1 Å². The van der Waals surface area contributed by atoms with E-state index in [1.54, 1.807) is 20.8 Å². The molecular formula is C24H43NO15. The Morgan fingerprint density at radius 1 is 0.725 bits per heavy atom. The van der Waals surface area contributed by atoms with Crippen LogP contribution in [-0.4, -0.2) is 158 Å². The Hall–Kier alpha value is -1.09.